The van der Waals surface area contributed by atoms with Crippen molar-refractivity contribution in [3.63, 3.8) is 0 Å². The van der Waals surface area contributed by atoms with Crippen LogP contribution in [0.15, 0.2) is 5.38 Å². The molecule has 0 amide bonds. The molecule has 0 aliphatic carbocycles. The van der Waals surface area contributed by atoms with Gasteiger partial charge in [0, 0.05) is 50.0 Å². The highest BCUT2D eigenvalue weighted by Gasteiger charge is 2.38. The van der Waals surface area contributed by atoms with Crippen LogP contribution in [0.2, 0.25) is 0 Å². The van der Waals surface area contributed by atoms with Crippen molar-refractivity contribution in [2.75, 3.05) is 32.6 Å². The first-order valence-corrected chi connectivity index (χ1v) is 10.4. The number of hydrogen-bond donors (Lipinski definition) is 1. The van der Waals surface area contributed by atoms with E-state index in [0.29, 0.717) is 6.04 Å². The van der Waals surface area contributed by atoms with Crippen molar-refractivity contribution in [2.24, 2.45) is 0 Å². The van der Waals surface area contributed by atoms with Gasteiger partial charge in [-0.15, -0.1) is 11.3 Å². The fraction of sp³-hybridized carbons (Fsp3) is 0.812. The summed E-state index contributed by atoms with van der Waals surface area (Å²) in [7, 11) is 0. The predicted molar refractivity (Wildman–Crippen MR) is 92.8 cm³/mol. The molecule has 1 spiro atoms. The Morgan fingerprint density at radius 3 is 3.09 bits per heavy atom. The predicted octanol–water partition coefficient (Wildman–Crippen LogP) is 2.87. The van der Waals surface area contributed by atoms with Gasteiger partial charge in [0.1, 0.15) is 5.01 Å². The summed E-state index contributed by atoms with van der Waals surface area (Å²) >= 11 is 3.62. The van der Waals surface area contributed by atoms with Gasteiger partial charge < -0.3 is 14.8 Å². The highest BCUT2D eigenvalue weighted by molar-refractivity contribution is 7.97. The number of nitrogens with zero attached hydrogens (tertiary/aromatic N) is 1. The van der Waals surface area contributed by atoms with Gasteiger partial charge in [0.25, 0.3) is 0 Å². The molecule has 2 saturated heterocycles. The van der Waals surface area contributed by atoms with E-state index in [2.05, 4.69) is 21.9 Å². The van der Waals surface area contributed by atoms with Crippen LogP contribution in [0, 0.1) is 0 Å². The van der Waals surface area contributed by atoms with Gasteiger partial charge in [-0.1, -0.05) is 0 Å². The first-order chi connectivity index (χ1) is 10.8. The summed E-state index contributed by atoms with van der Waals surface area (Å²) in [6.07, 6.45) is 7.51. The lowest BCUT2D eigenvalue weighted by Crippen LogP contribution is -2.50. The van der Waals surface area contributed by atoms with E-state index in [1.54, 1.807) is 11.3 Å². The highest BCUT2D eigenvalue weighted by Crippen LogP contribution is 2.34. The van der Waals surface area contributed by atoms with Gasteiger partial charge in [0.2, 0.25) is 0 Å². The van der Waals surface area contributed by atoms with E-state index in [1.807, 2.05) is 11.8 Å². The summed E-state index contributed by atoms with van der Waals surface area (Å²) < 4.78 is 11.6. The first kappa shape index (κ1) is 16.7. The van der Waals surface area contributed by atoms with Crippen LogP contribution in [-0.4, -0.2) is 49.2 Å². The van der Waals surface area contributed by atoms with Crippen LogP contribution >= 0.6 is 23.1 Å². The number of thiazole rings is 1. The molecule has 1 aromatic rings. The fourth-order valence-electron chi connectivity index (χ4n) is 3.35. The average molecular weight is 343 g/mol. The molecule has 2 aliphatic heterocycles. The monoisotopic (exact) mass is 342 g/mol. The van der Waals surface area contributed by atoms with E-state index in [4.69, 9.17) is 9.47 Å². The second-order valence-electron chi connectivity index (χ2n) is 6.20. The third kappa shape index (κ3) is 4.45. The van der Waals surface area contributed by atoms with E-state index in [-0.39, 0.29) is 5.60 Å². The first-order valence-electron chi connectivity index (χ1n) is 8.17. The summed E-state index contributed by atoms with van der Waals surface area (Å²) in [6.45, 7) is 3.60. The Bertz CT molecular complexity index is 455. The van der Waals surface area contributed by atoms with E-state index < -0.39 is 0 Å². The Morgan fingerprint density at radius 1 is 1.41 bits per heavy atom. The van der Waals surface area contributed by atoms with Crippen LogP contribution in [-0.2, 0) is 21.6 Å². The van der Waals surface area contributed by atoms with Crippen LogP contribution in [0.1, 0.15) is 36.4 Å². The van der Waals surface area contributed by atoms with Gasteiger partial charge in [-0.25, -0.2) is 4.98 Å². The molecule has 3 heterocycles. The van der Waals surface area contributed by atoms with Gasteiger partial charge >= 0.3 is 0 Å². The molecule has 2 aliphatic rings. The number of nitrogens with one attached hydrogen (secondary N) is 1. The molecule has 0 unspecified atom stereocenters. The van der Waals surface area contributed by atoms with Gasteiger partial charge in [-0.05, 0) is 31.9 Å². The van der Waals surface area contributed by atoms with Crippen molar-refractivity contribution >= 4 is 23.1 Å². The number of hydrogen-bond acceptors (Lipinski definition) is 6. The smallest absolute Gasteiger partial charge is 0.103 e. The minimum Gasteiger partial charge on any atom is -0.381 e. The van der Waals surface area contributed by atoms with Gasteiger partial charge in [-0.3, -0.25) is 0 Å². The Kier molecular flexibility index (Phi) is 6.16. The third-order valence-corrected chi connectivity index (χ3v) is 6.22. The zero-order valence-corrected chi connectivity index (χ0v) is 14.9. The normalized spacial score (nSPS) is 24.7. The van der Waals surface area contributed by atoms with Crippen molar-refractivity contribution < 1.29 is 9.47 Å². The van der Waals surface area contributed by atoms with Crippen molar-refractivity contribution in [3.8, 4) is 0 Å². The molecule has 0 saturated carbocycles. The van der Waals surface area contributed by atoms with E-state index >= 15 is 0 Å². The second kappa shape index (κ2) is 8.11. The standard InChI is InChI=1S/C16H26N2O2S2/c1-21-12-15-18-14(11-22-15)2-6-17-13-3-7-20-16(10-13)4-8-19-9-5-16/h11,13,17H,2-10,12H2,1H3/t13-/m0/s1. The molecule has 0 radical (unpaired) electrons. The average Bonchev–Trinajstić information content (AvgIpc) is 2.96. The quantitative estimate of drug-likeness (QED) is 0.861. The zero-order valence-electron chi connectivity index (χ0n) is 13.3. The second-order valence-corrected chi connectivity index (χ2v) is 8.01. The lowest BCUT2D eigenvalue weighted by molar-refractivity contribution is -0.140. The molecule has 3 rings (SSSR count). The molecule has 124 valence electrons. The molecule has 22 heavy (non-hydrogen) atoms. The van der Waals surface area contributed by atoms with Crippen molar-refractivity contribution in [1.29, 1.82) is 0 Å². The Balaban J connectivity index is 1.42. The van der Waals surface area contributed by atoms with E-state index in [9.17, 15) is 0 Å². The molecule has 1 aromatic heterocycles. The SMILES string of the molecule is CSCc1nc(CCN[C@H]2CCOC3(CCOCC3)C2)cs1. The molecule has 6 heteroatoms. The minimum atomic E-state index is 0.0836. The molecule has 1 N–H and O–H groups in total. The summed E-state index contributed by atoms with van der Waals surface area (Å²) in [5.74, 6) is 1.03. The lowest BCUT2D eigenvalue weighted by atomic mass is 9.84. The van der Waals surface area contributed by atoms with Crippen LogP contribution in [0.3, 0.4) is 0 Å². The van der Waals surface area contributed by atoms with Crippen molar-refractivity contribution in [3.05, 3.63) is 16.1 Å². The van der Waals surface area contributed by atoms with Crippen LogP contribution in [0.4, 0.5) is 0 Å². The maximum absolute atomic E-state index is 6.10. The molecule has 0 aromatic carbocycles. The Morgan fingerprint density at radius 2 is 2.27 bits per heavy atom. The number of ether oxygens (including phenoxy) is 2. The topological polar surface area (TPSA) is 43.4 Å². The van der Waals surface area contributed by atoms with Gasteiger partial charge in [0.15, 0.2) is 0 Å². The maximum atomic E-state index is 6.10. The van der Waals surface area contributed by atoms with E-state index in [0.717, 1.165) is 64.2 Å². The summed E-state index contributed by atoms with van der Waals surface area (Å²) in [5, 5.41) is 7.17. The Hall–Kier alpha value is -0.140. The molecule has 4 nitrogen and oxygen atoms in total. The number of aromatic nitrogens is 1. The van der Waals surface area contributed by atoms with Crippen molar-refractivity contribution in [2.45, 2.75) is 49.5 Å². The third-order valence-electron chi connectivity index (χ3n) is 4.58. The maximum Gasteiger partial charge on any atom is 0.103 e. The minimum absolute atomic E-state index is 0.0836. The summed E-state index contributed by atoms with van der Waals surface area (Å²) in [5.41, 5.74) is 1.31. The summed E-state index contributed by atoms with van der Waals surface area (Å²) in [6, 6.07) is 0.580. The van der Waals surface area contributed by atoms with Crippen molar-refractivity contribution in [1.82, 2.24) is 10.3 Å². The van der Waals surface area contributed by atoms with Gasteiger partial charge in [0.05, 0.1) is 11.3 Å². The van der Waals surface area contributed by atoms with Gasteiger partial charge in [-0.2, -0.15) is 11.8 Å². The zero-order chi connectivity index (χ0) is 15.3. The fourth-order valence-corrected chi connectivity index (χ4v) is 4.90. The highest BCUT2D eigenvalue weighted by atomic mass is 32.2. The molecule has 0 bridgehead atoms. The number of thioether (sulfide) groups is 1. The molecular formula is C16H26N2O2S2. The summed E-state index contributed by atoms with van der Waals surface area (Å²) in [4.78, 5) is 4.68. The Labute approximate surface area is 141 Å². The van der Waals surface area contributed by atoms with Crippen LogP contribution in [0.5, 0.6) is 0 Å². The lowest BCUT2D eigenvalue weighted by Gasteiger charge is -2.43. The van der Waals surface area contributed by atoms with Crippen LogP contribution in [0.25, 0.3) is 0 Å². The number of rotatable bonds is 6. The molecular weight excluding hydrogens is 316 g/mol. The van der Waals surface area contributed by atoms with Crippen LogP contribution < -0.4 is 5.32 Å². The molecule has 2 fully saturated rings. The molecule has 1 atom stereocenters. The largest absolute Gasteiger partial charge is 0.381 e. The van der Waals surface area contributed by atoms with E-state index in [1.165, 1.54) is 10.7 Å².